The fourth-order valence-electron chi connectivity index (χ4n) is 1.62. The Bertz CT molecular complexity index is 116. The lowest BCUT2D eigenvalue weighted by Crippen LogP contribution is -2.41. The van der Waals surface area contributed by atoms with Gasteiger partial charge in [0.15, 0.2) is 0 Å². The Morgan fingerprint density at radius 3 is 2.70 bits per heavy atom. The van der Waals surface area contributed by atoms with Gasteiger partial charge >= 0.3 is 0 Å². The number of hydrogen-bond acceptors (Lipinski definition) is 2. The highest BCUT2D eigenvalue weighted by Gasteiger charge is 2.33. The van der Waals surface area contributed by atoms with Gasteiger partial charge in [0.25, 0.3) is 0 Å². The van der Waals surface area contributed by atoms with Crippen LogP contribution in [-0.4, -0.2) is 17.8 Å². The van der Waals surface area contributed by atoms with Gasteiger partial charge in [0.1, 0.15) is 0 Å². The monoisotopic (exact) mass is 143 g/mol. The van der Waals surface area contributed by atoms with Crippen molar-refractivity contribution in [2.75, 3.05) is 6.54 Å². The molecule has 10 heavy (non-hydrogen) atoms. The summed E-state index contributed by atoms with van der Waals surface area (Å²) in [7, 11) is 0. The van der Waals surface area contributed by atoms with Gasteiger partial charge in [-0.2, -0.15) is 0 Å². The van der Waals surface area contributed by atoms with Crippen molar-refractivity contribution < 1.29 is 5.11 Å². The molecule has 60 valence electrons. The lowest BCUT2D eigenvalue weighted by Gasteiger charge is -2.37. The number of hydrogen-bond donors (Lipinski definition) is 2. The zero-order valence-corrected chi connectivity index (χ0v) is 6.64. The second-order valence-corrected chi connectivity index (χ2v) is 3.62. The summed E-state index contributed by atoms with van der Waals surface area (Å²) >= 11 is 0. The van der Waals surface area contributed by atoms with E-state index in [9.17, 15) is 5.11 Å². The van der Waals surface area contributed by atoms with Gasteiger partial charge in [-0.3, -0.25) is 0 Å². The molecule has 0 amide bonds. The number of aliphatic hydroxyl groups excluding tert-OH is 1. The summed E-state index contributed by atoms with van der Waals surface area (Å²) in [4.78, 5) is 0. The van der Waals surface area contributed by atoms with Crippen LogP contribution in [0.25, 0.3) is 0 Å². The third kappa shape index (κ3) is 1.32. The van der Waals surface area contributed by atoms with Gasteiger partial charge in [-0.25, -0.2) is 0 Å². The number of aliphatic hydroxyl groups is 1. The molecule has 0 unspecified atom stereocenters. The van der Waals surface area contributed by atoms with Crippen LogP contribution in [0.1, 0.15) is 32.6 Å². The molecule has 1 aliphatic rings. The predicted molar refractivity (Wildman–Crippen MR) is 41.6 cm³/mol. The molecule has 0 radical (unpaired) electrons. The van der Waals surface area contributed by atoms with Crippen molar-refractivity contribution in [3.63, 3.8) is 0 Å². The van der Waals surface area contributed by atoms with Crippen LogP contribution in [0.5, 0.6) is 0 Å². The van der Waals surface area contributed by atoms with Gasteiger partial charge in [0.05, 0.1) is 6.10 Å². The maximum absolute atomic E-state index is 9.55. The summed E-state index contributed by atoms with van der Waals surface area (Å²) in [5, 5.41) is 9.55. The molecule has 0 spiro atoms. The molecule has 0 aromatic rings. The molecule has 2 heteroatoms. The molecule has 1 aliphatic carbocycles. The SMILES string of the molecule is C[C@]1(CN)CCCC[C@@H]1O. The Hall–Kier alpha value is -0.0800. The fourth-order valence-corrected chi connectivity index (χ4v) is 1.62. The zero-order valence-electron chi connectivity index (χ0n) is 6.64. The Balaban J connectivity index is 2.54. The van der Waals surface area contributed by atoms with Crippen LogP contribution in [0.15, 0.2) is 0 Å². The van der Waals surface area contributed by atoms with Crippen LogP contribution >= 0.6 is 0 Å². The highest BCUT2D eigenvalue weighted by Crippen LogP contribution is 2.34. The molecule has 0 saturated heterocycles. The van der Waals surface area contributed by atoms with E-state index in [0.717, 1.165) is 19.3 Å². The van der Waals surface area contributed by atoms with Gasteiger partial charge in [-0.05, 0) is 12.8 Å². The maximum Gasteiger partial charge on any atom is 0.0605 e. The van der Waals surface area contributed by atoms with Crippen LogP contribution in [-0.2, 0) is 0 Å². The molecule has 2 atom stereocenters. The van der Waals surface area contributed by atoms with E-state index in [-0.39, 0.29) is 11.5 Å². The van der Waals surface area contributed by atoms with Crippen LogP contribution in [0.4, 0.5) is 0 Å². The first-order chi connectivity index (χ1) is 4.69. The van der Waals surface area contributed by atoms with E-state index in [1.54, 1.807) is 0 Å². The molecule has 1 fully saturated rings. The van der Waals surface area contributed by atoms with Gasteiger partial charge in [0, 0.05) is 12.0 Å². The molecule has 2 nitrogen and oxygen atoms in total. The Kier molecular flexibility index (Phi) is 2.32. The van der Waals surface area contributed by atoms with E-state index in [2.05, 4.69) is 6.92 Å². The van der Waals surface area contributed by atoms with E-state index in [1.165, 1.54) is 6.42 Å². The summed E-state index contributed by atoms with van der Waals surface area (Å²) in [6.45, 7) is 2.70. The smallest absolute Gasteiger partial charge is 0.0605 e. The Labute approximate surface area is 62.4 Å². The van der Waals surface area contributed by atoms with Crippen molar-refractivity contribution >= 4 is 0 Å². The van der Waals surface area contributed by atoms with E-state index in [4.69, 9.17) is 5.73 Å². The summed E-state index contributed by atoms with van der Waals surface area (Å²) in [5.74, 6) is 0. The molecule has 0 bridgehead atoms. The quantitative estimate of drug-likeness (QED) is 0.572. The molecule has 0 aromatic carbocycles. The van der Waals surface area contributed by atoms with Gasteiger partial charge in [0.2, 0.25) is 0 Å². The standard InChI is InChI=1S/C8H17NO/c1-8(6-9)5-3-2-4-7(8)10/h7,10H,2-6,9H2,1H3/t7-,8+/m0/s1. The molecule has 0 aliphatic heterocycles. The van der Waals surface area contributed by atoms with Gasteiger partial charge in [-0.1, -0.05) is 19.8 Å². The number of rotatable bonds is 1. The molecule has 1 rings (SSSR count). The second-order valence-electron chi connectivity index (χ2n) is 3.62. The van der Waals surface area contributed by atoms with Crippen LogP contribution in [0, 0.1) is 5.41 Å². The van der Waals surface area contributed by atoms with Gasteiger partial charge in [-0.15, -0.1) is 0 Å². The first kappa shape index (κ1) is 8.02. The van der Waals surface area contributed by atoms with Crippen molar-refractivity contribution in [2.45, 2.75) is 38.7 Å². The average molecular weight is 143 g/mol. The molecule has 0 heterocycles. The minimum Gasteiger partial charge on any atom is -0.393 e. The molecule has 1 saturated carbocycles. The average Bonchev–Trinajstić information content (AvgIpc) is 1.96. The first-order valence-electron chi connectivity index (χ1n) is 4.07. The van der Waals surface area contributed by atoms with Gasteiger partial charge < -0.3 is 10.8 Å². The maximum atomic E-state index is 9.55. The van der Waals surface area contributed by atoms with Crippen LogP contribution in [0.2, 0.25) is 0 Å². The number of nitrogens with two attached hydrogens (primary N) is 1. The highest BCUT2D eigenvalue weighted by molar-refractivity contribution is 4.86. The zero-order chi connectivity index (χ0) is 7.61. The molecule has 0 aromatic heterocycles. The van der Waals surface area contributed by atoms with Crippen LogP contribution < -0.4 is 5.73 Å². The van der Waals surface area contributed by atoms with Crippen molar-refractivity contribution in [3.05, 3.63) is 0 Å². The van der Waals surface area contributed by atoms with Crippen molar-refractivity contribution in [1.82, 2.24) is 0 Å². The first-order valence-corrected chi connectivity index (χ1v) is 4.07. The largest absolute Gasteiger partial charge is 0.393 e. The molecular formula is C8H17NO. The lowest BCUT2D eigenvalue weighted by molar-refractivity contribution is 0.00690. The van der Waals surface area contributed by atoms with E-state index >= 15 is 0 Å². The van der Waals surface area contributed by atoms with Crippen molar-refractivity contribution in [3.8, 4) is 0 Å². The summed E-state index contributed by atoms with van der Waals surface area (Å²) in [6.07, 6.45) is 4.26. The molecular weight excluding hydrogens is 126 g/mol. The third-order valence-corrected chi connectivity index (χ3v) is 2.75. The van der Waals surface area contributed by atoms with Crippen molar-refractivity contribution in [2.24, 2.45) is 11.1 Å². The lowest BCUT2D eigenvalue weighted by atomic mass is 9.73. The summed E-state index contributed by atoms with van der Waals surface area (Å²) in [5.41, 5.74) is 5.58. The second kappa shape index (κ2) is 2.89. The fraction of sp³-hybridized carbons (Fsp3) is 1.00. The normalized spacial score (nSPS) is 41.7. The summed E-state index contributed by atoms with van der Waals surface area (Å²) < 4.78 is 0. The topological polar surface area (TPSA) is 46.2 Å². The van der Waals surface area contributed by atoms with E-state index in [0.29, 0.717) is 6.54 Å². The molecule has 3 N–H and O–H groups in total. The Morgan fingerprint density at radius 1 is 1.60 bits per heavy atom. The summed E-state index contributed by atoms with van der Waals surface area (Å²) in [6, 6.07) is 0. The minimum atomic E-state index is -0.161. The van der Waals surface area contributed by atoms with E-state index in [1.807, 2.05) is 0 Å². The minimum absolute atomic E-state index is 0.0122. The van der Waals surface area contributed by atoms with E-state index < -0.39 is 0 Å². The predicted octanol–water partition coefficient (Wildman–Crippen LogP) is 0.886. The third-order valence-electron chi connectivity index (χ3n) is 2.75. The van der Waals surface area contributed by atoms with Crippen molar-refractivity contribution in [1.29, 1.82) is 0 Å². The highest BCUT2D eigenvalue weighted by atomic mass is 16.3. The van der Waals surface area contributed by atoms with Crippen LogP contribution in [0.3, 0.4) is 0 Å². The Morgan fingerprint density at radius 2 is 2.30 bits per heavy atom.